The van der Waals surface area contributed by atoms with Gasteiger partial charge >= 0.3 is 0 Å². The summed E-state index contributed by atoms with van der Waals surface area (Å²) in [5.74, 6) is 0.549. The van der Waals surface area contributed by atoms with Crippen LogP contribution in [-0.4, -0.2) is 43.0 Å². The Bertz CT molecular complexity index is 531. The Morgan fingerprint density at radius 1 is 1.21 bits per heavy atom. The Morgan fingerprint density at radius 2 is 1.96 bits per heavy atom. The monoisotopic (exact) mass is 355 g/mol. The molecule has 1 saturated carbocycles. The lowest BCUT2D eigenvalue weighted by Gasteiger charge is -2.32. The smallest absolute Gasteiger partial charge is 0.225 e. The number of hydrogen-bond acceptors (Lipinski definition) is 3. The third-order valence-corrected chi connectivity index (χ3v) is 4.74. The van der Waals surface area contributed by atoms with Gasteiger partial charge in [0, 0.05) is 24.7 Å². The predicted octanol–water partition coefficient (Wildman–Crippen LogP) is 3.04. The van der Waals surface area contributed by atoms with Gasteiger partial charge in [-0.2, -0.15) is 0 Å². The zero-order chi connectivity index (χ0) is 16.1. The van der Waals surface area contributed by atoms with Gasteiger partial charge in [0.1, 0.15) is 5.82 Å². The summed E-state index contributed by atoms with van der Waals surface area (Å²) in [6.07, 6.45) is 5.58. The standard InChI is InChI=1S/C18H26FN3O.ClH/c19-15-2-1-3-17(12-15)21-18(23)8-11-22-9-6-16(7-10-22)20-13-14-4-5-14;/h1-3,12,14,16,20H,4-11,13H2,(H,21,23);1H. The Balaban J connectivity index is 0.00000208. The molecule has 1 aromatic carbocycles. The molecule has 3 rings (SSSR count). The summed E-state index contributed by atoms with van der Waals surface area (Å²) in [5.41, 5.74) is 0.526. The summed E-state index contributed by atoms with van der Waals surface area (Å²) in [5, 5.41) is 6.42. The number of nitrogens with one attached hydrogen (secondary N) is 2. The third-order valence-electron chi connectivity index (χ3n) is 4.74. The number of hydrogen-bond donors (Lipinski definition) is 2. The fourth-order valence-corrected chi connectivity index (χ4v) is 3.07. The molecule has 0 spiro atoms. The van der Waals surface area contributed by atoms with Gasteiger partial charge in [0.05, 0.1) is 0 Å². The van der Waals surface area contributed by atoms with E-state index in [1.165, 1.54) is 31.5 Å². The molecule has 1 saturated heterocycles. The molecule has 4 nitrogen and oxygen atoms in total. The van der Waals surface area contributed by atoms with E-state index in [-0.39, 0.29) is 24.1 Å². The molecule has 0 bridgehead atoms. The van der Waals surface area contributed by atoms with Gasteiger partial charge in [0.2, 0.25) is 5.91 Å². The first kappa shape index (κ1) is 19.2. The van der Waals surface area contributed by atoms with E-state index < -0.39 is 0 Å². The molecule has 24 heavy (non-hydrogen) atoms. The number of nitrogens with zero attached hydrogens (tertiary/aromatic N) is 1. The molecular weight excluding hydrogens is 329 g/mol. The maximum absolute atomic E-state index is 13.1. The van der Waals surface area contributed by atoms with Gasteiger partial charge in [-0.3, -0.25) is 4.79 Å². The van der Waals surface area contributed by atoms with Crippen LogP contribution in [0, 0.1) is 11.7 Å². The zero-order valence-electron chi connectivity index (χ0n) is 14.0. The molecule has 1 aliphatic carbocycles. The van der Waals surface area contributed by atoms with Crippen LogP contribution in [0.1, 0.15) is 32.1 Å². The van der Waals surface area contributed by atoms with Crippen LogP contribution < -0.4 is 10.6 Å². The molecule has 0 unspecified atom stereocenters. The highest BCUT2D eigenvalue weighted by Gasteiger charge is 2.24. The number of likely N-dealkylation sites (tertiary alicyclic amines) is 1. The number of halogens is 2. The number of benzene rings is 1. The maximum atomic E-state index is 13.1. The van der Waals surface area contributed by atoms with Crippen molar-refractivity contribution in [3.8, 4) is 0 Å². The van der Waals surface area contributed by atoms with Crippen LogP contribution in [-0.2, 0) is 4.79 Å². The van der Waals surface area contributed by atoms with Crippen molar-refractivity contribution in [3.05, 3.63) is 30.1 Å². The number of carbonyl (C=O) groups excluding carboxylic acids is 1. The Morgan fingerprint density at radius 3 is 2.62 bits per heavy atom. The summed E-state index contributed by atoms with van der Waals surface area (Å²) in [7, 11) is 0. The van der Waals surface area contributed by atoms with Crippen LogP contribution >= 0.6 is 12.4 Å². The van der Waals surface area contributed by atoms with Crippen molar-refractivity contribution in [3.63, 3.8) is 0 Å². The van der Waals surface area contributed by atoms with Crippen LogP contribution in [0.2, 0.25) is 0 Å². The number of carbonyl (C=O) groups is 1. The Kier molecular flexibility index (Phi) is 7.46. The topological polar surface area (TPSA) is 44.4 Å². The Labute approximate surface area is 149 Å². The van der Waals surface area contributed by atoms with Crippen molar-refractivity contribution in [1.82, 2.24) is 10.2 Å². The molecule has 0 aromatic heterocycles. The first-order valence-electron chi connectivity index (χ1n) is 8.70. The maximum Gasteiger partial charge on any atom is 0.225 e. The van der Waals surface area contributed by atoms with Crippen molar-refractivity contribution in [2.24, 2.45) is 5.92 Å². The van der Waals surface area contributed by atoms with Crippen LogP contribution in [0.5, 0.6) is 0 Å². The largest absolute Gasteiger partial charge is 0.326 e. The van der Waals surface area contributed by atoms with Gasteiger partial charge in [0.15, 0.2) is 0 Å². The fourth-order valence-electron chi connectivity index (χ4n) is 3.07. The second kappa shape index (κ2) is 9.35. The molecule has 1 heterocycles. The van der Waals surface area contributed by atoms with E-state index in [4.69, 9.17) is 0 Å². The third kappa shape index (κ3) is 6.38. The van der Waals surface area contributed by atoms with Crippen molar-refractivity contribution >= 4 is 24.0 Å². The first-order valence-corrected chi connectivity index (χ1v) is 8.70. The predicted molar refractivity (Wildman–Crippen MR) is 97.1 cm³/mol. The molecule has 1 aliphatic heterocycles. The van der Waals surface area contributed by atoms with Crippen LogP contribution in [0.25, 0.3) is 0 Å². The summed E-state index contributed by atoms with van der Waals surface area (Å²) < 4.78 is 13.1. The van der Waals surface area contributed by atoms with Crippen molar-refractivity contribution in [1.29, 1.82) is 0 Å². The molecular formula is C18H27ClFN3O. The van der Waals surface area contributed by atoms with Crippen LogP contribution in [0.15, 0.2) is 24.3 Å². The number of rotatable bonds is 7. The van der Waals surface area contributed by atoms with E-state index >= 15 is 0 Å². The molecule has 0 radical (unpaired) electrons. The molecule has 0 atom stereocenters. The second-order valence-electron chi connectivity index (χ2n) is 6.78. The lowest BCUT2D eigenvalue weighted by Crippen LogP contribution is -2.43. The van der Waals surface area contributed by atoms with Crippen LogP contribution in [0.4, 0.5) is 10.1 Å². The number of amides is 1. The average Bonchev–Trinajstić information content (AvgIpc) is 3.36. The molecule has 2 fully saturated rings. The molecule has 134 valence electrons. The van der Waals surface area contributed by atoms with Crippen molar-refractivity contribution in [2.45, 2.75) is 38.1 Å². The molecule has 2 aliphatic rings. The zero-order valence-corrected chi connectivity index (χ0v) is 14.8. The highest BCUT2D eigenvalue weighted by Crippen LogP contribution is 2.28. The van der Waals surface area contributed by atoms with E-state index in [0.29, 0.717) is 18.2 Å². The minimum atomic E-state index is -0.330. The fraction of sp³-hybridized carbons (Fsp3) is 0.611. The summed E-state index contributed by atoms with van der Waals surface area (Å²) in [6, 6.07) is 6.67. The molecule has 1 aromatic rings. The Hall–Kier alpha value is -1.17. The van der Waals surface area contributed by atoms with Gasteiger partial charge in [-0.15, -0.1) is 12.4 Å². The summed E-state index contributed by atoms with van der Waals surface area (Å²) in [6.45, 7) is 4.06. The lowest BCUT2D eigenvalue weighted by molar-refractivity contribution is -0.116. The SMILES string of the molecule is Cl.O=C(CCN1CCC(NCC2CC2)CC1)Nc1cccc(F)c1. The van der Waals surface area contributed by atoms with Crippen molar-refractivity contribution < 1.29 is 9.18 Å². The van der Waals surface area contributed by atoms with E-state index in [1.54, 1.807) is 12.1 Å². The van der Waals surface area contributed by atoms with E-state index in [2.05, 4.69) is 15.5 Å². The summed E-state index contributed by atoms with van der Waals surface area (Å²) >= 11 is 0. The minimum absolute atomic E-state index is 0. The van der Waals surface area contributed by atoms with E-state index in [0.717, 1.165) is 38.4 Å². The van der Waals surface area contributed by atoms with Gasteiger partial charge in [0.25, 0.3) is 0 Å². The molecule has 1 amide bonds. The van der Waals surface area contributed by atoms with Gasteiger partial charge < -0.3 is 15.5 Å². The second-order valence-corrected chi connectivity index (χ2v) is 6.78. The highest BCUT2D eigenvalue weighted by atomic mass is 35.5. The van der Waals surface area contributed by atoms with E-state index in [9.17, 15) is 9.18 Å². The first-order chi connectivity index (χ1) is 11.2. The van der Waals surface area contributed by atoms with Crippen molar-refractivity contribution in [2.75, 3.05) is 31.5 Å². The number of anilines is 1. The van der Waals surface area contributed by atoms with Crippen LogP contribution in [0.3, 0.4) is 0 Å². The average molecular weight is 356 g/mol. The van der Waals surface area contributed by atoms with Gasteiger partial charge in [-0.05, 0) is 69.4 Å². The molecule has 2 N–H and O–H groups in total. The number of piperidine rings is 1. The van der Waals surface area contributed by atoms with E-state index in [1.807, 2.05) is 0 Å². The molecule has 6 heteroatoms. The quantitative estimate of drug-likeness (QED) is 0.790. The minimum Gasteiger partial charge on any atom is -0.326 e. The normalized spacial score (nSPS) is 18.9. The lowest BCUT2D eigenvalue weighted by atomic mass is 10.0. The van der Waals surface area contributed by atoms with Gasteiger partial charge in [-0.25, -0.2) is 4.39 Å². The summed E-state index contributed by atoms with van der Waals surface area (Å²) in [4.78, 5) is 14.3. The highest BCUT2D eigenvalue weighted by molar-refractivity contribution is 5.90. The van der Waals surface area contributed by atoms with Gasteiger partial charge in [-0.1, -0.05) is 6.07 Å².